The lowest BCUT2D eigenvalue weighted by atomic mass is 10.9. The first-order valence-corrected chi connectivity index (χ1v) is 2.97. The van der Waals surface area contributed by atoms with Crippen molar-refractivity contribution in [1.82, 2.24) is 0 Å². The van der Waals surface area contributed by atoms with Gasteiger partial charge in [-0.2, -0.15) is 0 Å². The maximum absolute atomic E-state index is 10.4. The number of hydrogen-bond donors (Lipinski definition) is 0. The van der Waals surface area contributed by atoms with Crippen molar-refractivity contribution < 1.29 is 19.0 Å². The zero-order valence-electron chi connectivity index (χ0n) is 5.96. The smallest absolute Gasteiger partial charge is 0.434 e. The van der Waals surface area contributed by atoms with Gasteiger partial charge in [0.1, 0.15) is 0 Å². The molecule has 0 fully saturated rings. The van der Waals surface area contributed by atoms with Gasteiger partial charge in [0.05, 0.1) is 6.61 Å². The molecule has 4 heteroatoms. The van der Waals surface area contributed by atoms with Crippen LogP contribution >= 0.6 is 0 Å². The summed E-state index contributed by atoms with van der Waals surface area (Å²) in [4.78, 5) is 10.4. The standard InChI is InChI=1S/C6H11O4/c1-3-8-5-10-6(7)9-4-2/h2-5H2,1H3. The summed E-state index contributed by atoms with van der Waals surface area (Å²) >= 11 is 0. The van der Waals surface area contributed by atoms with Gasteiger partial charge in [0, 0.05) is 6.61 Å². The van der Waals surface area contributed by atoms with Gasteiger partial charge in [-0.3, -0.25) is 0 Å². The van der Waals surface area contributed by atoms with Crippen LogP contribution in [0.25, 0.3) is 0 Å². The second-order valence-corrected chi connectivity index (χ2v) is 1.35. The average Bonchev–Trinajstić information content (AvgIpc) is 1.89. The predicted octanol–water partition coefficient (Wildman–Crippen LogP) is 0.968. The number of carbonyl (C=O) groups excluding carboxylic acids is 1. The molecule has 0 N–H and O–H groups in total. The van der Waals surface area contributed by atoms with Crippen molar-refractivity contribution in [3.05, 3.63) is 6.92 Å². The second kappa shape index (κ2) is 6.35. The molecule has 0 bridgehead atoms. The summed E-state index contributed by atoms with van der Waals surface area (Å²) in [5.41, 5.74) is 0. The highest BCUT2D eigenvalue weighted by molar-refractivity contribution is 5.59. The van der Waals surface area contributed by atoms with E-state index < -0.39 is 6.16 Å². The molecule has 0 aliphatic rings. The number of rotatable bonds is 4. The molecular weight excluding hydrogens is 136 g/mol. The molecule has 0 aromatic rings. The molecule has 0 rings (SSSR count). The SMILES string of the molecule is [CH2]COC(=O)OCOCC. The lowest BCUT2D eigenvalue weighted by Crippen LogP contribution is -2.09. The van der Waals surface area contributed by atoms with Crippen LogP contribution in [0.5, 0.6) is 0 Å². The predicted molar refractivity (Wildman–Crippen MR) is 34.3 cm³/mol. The van der Waals surface area contributed by atoms with Crippen LogP contribution in [0.3, 0.4) is 0 Å². The topological polar surface area (TPSA) is 44.8 Å². The van der Waals surface area contributed by atoms with Gasteiger partial charge < -0.3 is 14.2 Å². The summed E-state index contributed by atoms with van der Waals surface area (Å²) < 4.78 is 13.4. The quantitative estimate of drug-likeness (QED) is 0.337. The summed E-state index contributed by atoms with van der Waals surface area (Å²) in [5, 5.41) is 0. The van der Waals surface area contributed by atoms with E-state index in [1.807, 2.05) is 0 Å². The van der Waals surface area contributed by atoms with Gasteiger partial charge in [-0.25, -0.2) is 4.79 Å². The molecule has 0 aromatic carbocycles. The Morgan fingerprint density at radius 3 is 2.70 bits per heavy atom. The van der Waals surface area contributed by atoms with Crippen LogP contribution in [0, 0.1) is 6.92 Å². The minimum atomic E-state index is -0.747. The van der Waals surface area contributed by atoms with Crippen LogP contribution in [0.1, 0.15) is 6.92 Å². The fourth-order valence-corrected chi connectivity index (χ4v) is 0.298. The van der Waals surface area contributed by atoms with Gasteiger partial charge in [-0.05, 0) is 13.8 Å². The van der Waals surface area contributed by atoms with Crippen LogP contribution in [0.2, 0.25) is 0 Å². The van der Waals surface area contributed by atoms with Gasteiger partial charge in [0.2, 0.25) is 0 Å². The third kappa shape index (κ3) is 5.37. The van der Waals surface area contributed by atoms with E-state index in [9.17, 15) is 4.79 Å². The highest BCUT2D eigenvalue weighted by atomic mass is 16.8. The van der Waals surface area contributed by atoms with Crippen molar-refractivity contribution in [2.75, 3.05) is 20.0 Å². The molecule has 10 heavy (non-hydrogen) atoms. The Hall–Kier alpha value is -0.770. The molecule has 0 aromatic heterocycles. The van der Waals surface area contributed by atoms with Crippen LogP contribution in [-0.4, -0.2) is 26.2 Å². The summed E-state index contributed by atoms with van der Waals surface area (Å²) in [5.74, 6) is 0. The highest BCUT2D eigenvalue weighted by Crippen LogP contribution is 1.84. The van der Waals surface area contributed by atoms with Crippen LogP contribution in [0.15, 0.2) is 0 Å². The van der Waals surface area contributed by atoms with E-state index in [0.29, 0.717) is 6.61 Å². The van der Waals surface area contributed by atoms with E-state index in [1.54, 1.807) is 6.92 Å². The van der Waals surface area contributed by atoms with Gasteiger partial charge in [0.25, 0.3) is 0 Å². The Morgan fingerprint density at radius 1 is 1.50 bits per heavy atom. The molecule has 0 aliphatic heterocycles. The minimum absolute atomic E-state index is 0.0602. The number of hydrogen-bond acceptors (Lipinski definition) is 4. The molecule has 0 heterocycles. The van der Waals surface area contributed by atoms with E-state index in [0.717, 1.165) is 0 Å². The molecule has 0 spiro atoms. The maximum Gasteiger partial charge on any atom is 0.510 e. The fraction of sp³-hybridized carbons (Fsp3) is 0.667. The molecule has 0 saturated heterocycles. The lowest BCUT2D eigenvalue weighted by Gasteiger charge is -2.02. The van der Waals surface area contributed by atoms with Gasteiger partial charge in [-0.1, -0.05) is 0 Å². The number of carbonyl (C=O) groups is 1. The Morgan fingerprint density at radius 2 is 2.20 bits per heavy atom. The van der Waals surface area contributed by atoms with Crippen molar-refractivity contribution >= 4 is 6.16 Å². The Bertz CT molecular complexity index is 91.7. The van der Waals surface area contributed by atoms with Crippen molar-refractivity contribution in [1.29, 1.82) is 0 Å². The molecule has 4 nitrogen and oxygen atoms in total. The summed E-state index contributed by atoms with van der Waals surface area (Å²) in [6.07, 6.45) is -0.747. The van der Waals surface area contributed by atoms with Crippen molar-refractivity contribution in [3.63, 3.8) is 0 Å². The van der Waals surface area contributed by atoms with Crippen molar-refractivity contribution in [2.45, 2.75) is 6.92 Å². The Kier molecular flexibility index (Phi) is 5.86. The molecule has 1 radical (unpaired) electrons. The van der Waals surface area contributed by atoms with Gasteiger partial charge >= 0.3 is 6.16 Å². The molecule has 59 valence electrons. The van der Waals surface area contributed by atoms with Gasteiger partial charge in [0.15, 0.2) is 6.79 Å². The summed E-state index contributed by atoms with van der Waals surface area (Å²) in [7, 11) is 0. The molecule has 0 aliphatic carbocycles. The lowest BCUT2D eigenvalue weighted by molar-refractivity contribution is -0.0384. The second-order valence-electron chi connectivity index (χ2n) is 1.35. The maximum atomic E-state index is 10.4. The van der Waals surface area contributed by atoms with Crippen LogP contribution < -0.4 is 0 Å². The normalized spacial score (nSPS) is 9.00. The fourth-order valence-electron chi connectivity index (χ4n) is 0.298. The highest BCUT2D eigenvalue weighted by Gasteiger charge is 1.99. The van der Waals surface area contributed by atoms with E-state index in [4.69, 9.17) is 4.74 Å². The van der Waals surface area contributed by atoms with Crippen molar-refractivity contribution in [2.24, 2.45) is 0 Å². The van der Waals surface area contributed by atoms with Crippen LogP contribution in [0.4, 0.5) is 4.79 Å². The first-order valence-electron chi connectivity index (χ1n) is 2.97. The van der Waals surface area contributed by atoms with Gasteiger partial charge in [-0.15, -0.1) is 0 Å². The number of ether oxygens (including phenoxy) is 3. The molecule has 0 saturated carbocycles. The first kappa shape index (κ1) is 9.23. The van der Waals surface area contributed by atoms with Crippen molar-refractivity contribution in [3.8, 4) is 0 Å². The monoisotopic (exact) mass is 147 g/mol. The minimum Gasteiger partial charge on any atom is -0.434 e. The largest absolute Gasteiger partial charge is 0.510 e. The zero-order chi connectivity index (χ0) is 7.82. The zero-order valence-corrected chi connectivity index (χ0v) is 5.96. The average molecular weight is 147 g/mol. The van der Waals surface area contributed by atoms with E-state index in [1.165, 1.54) is 0 Å². The summed E-state index contributed by atoms with van der Waals surface area (Å²) in [6.45, 7) is 5.62. The third-order valence-corrected chi connectivity index (χ3v) is 0.684. The van der Waals surface area contributed by atoms with E-state index in [-0.39, 0.29) is 13.4 Å². The van der Waals surface area contributed by atoms with E-state index >= 15 is 0 Å². The first-order chi connectivity index (χ1) is 4.81. The molecule has 0 unspecified atom stereocenters. The van der Waals surface area contributed by atoms with Crippen LogP contribution in [-0.2, 0) is 14.2 Å². The molecular formula is C6H11O4. The third-order valence-electron chi connectivity index (χ3n) is 0.684. The molecule has 0 atom stereocenters. The molecule has 0 amide bonds. The summed E-state index contributed by atoms with van der Waals surface area (Å²) in [6, 6.07) is 0. The Balaban J connectivity index is 3.05. The van der Waals surface area contributed by atoms with E-state index in [2.05, 4.69) is 16.4 Å². The Labute approximate surface area is 60.1 Å².